The third-order valence-corrected chi connectivity index (χ3v) is 6.83. The van der Waals surface area contributed by atoms with Gasteiger partial charge in [0.25, 0.3) is 0 Å². The van der Waals surface area contributed by atoms with Crippen LogP contribution in [0.2, 0.25) is 0 Å². The molecule has 1 unspecified atom stereocenters. The molecule has 2 N–H and O–H groups in total. The van der Waals surface area contributed by atoms with Crippen molar-refractivity contribution in [2.75, 3.05) is 28.6 Å². The molecule has 2 rings (SSSR count). The van der Waals surface area contributed by atoms with Gasteiger partial charge in [0, 0.05) is 24.7 Å². The van der Waals surface area contributed by atoms with E-state index in [4.69, 9.17) is 16.3 Å². The Morgan fingerprint density at radius 2 is 1.53 bits per heavy atom. The van der Waals surface area contributed by atoms with Crippen molar-refractivity contribution in [1.29, 1.82) is 0 Å². The first-order valence-corrected chi connectivity index (χ1v) is 14.2. The molecule has 0 saturated heterocycles. The Morgan fingerprint density at radius 1 is 0.921 bits per heavy atom. The third kappa shape index (κ3) is 10.2. The normalized spacial score (nSPS) is 12.9. The predicted octanol–water partition coefficient (Wildman–Crippen LogP) is 8.41. The molecule has 0 fully saturated rings. The van der Waals surface area contributed by atoms with Crippen molar-refractivity contribution in [1.82, 2.24) is 0 Å². The van der Waals surface area contributed by atoms with Crippen molar-refractivity contribution in [3.63, 3.8) is 0 Å². The quantitative estimate of drug-likeness (QED) is 0.196. The summed E-state index contributed by atoms with van der Waals surface area (Å²) in [6.07, 6.45) is 0.974. The second-order valence-corrected chi connectivity index (χ2v) is 11.7. The van der Waals surface area contributed by atoms with Crippen molar-refractivity contribution in [3.05, 3.63) is 53.6 Å². The minimum atomic E-state index is -0.647. The topological polar surface area (TPSA) is 70.7 Å². The highest BCUT2D eigenvalue weighted by molar-refractivity contribution is 6.20. The van der Waals surface area contributed by atoms with Crippen molar-refractivity contribution >= 4 is 40.7 Å². The largest absolute Gasteiger partial charge is 0.446 e. The van der Waals surface area contributed by atoms with Gasteiger partial charge in [-0.15, -0.1) is 0 Å². The number of ether oxygens (including phenoxy) is 1. The Labute approximate surface area is 234 Å². The molecule has 2 aromatic rings. The minimum absolute atomic E-state index is 0.0377. The van der Waals surface area contributed by atoms with Gasteiger partial charge in [0.05, 0.1) is 17.8 Å². The fourth-order valence-corrected chi connectivity index (χ4v) is 4.37. The summed E-state index contributed by atoms with van der Waals surface area (Å²) >= 11 is 6.18. The van der Waals surface area contributed by atoms with Crippen LogP contribution in [0.15, 0.2) is 42.5 Å². The van der Waals surface area contributed by atoms with E-state index in [1.165, 1.54) is 0 Å². The van der Waals surface area contributed by atoms with E-state index >= 15 is 0 Å². The van der Waals surface area contributed by atoms with Gasteiger partial charge in [0.2, 0.25) is 0 Å². The molecule has 0 spiro atoms. The third-order valence-electron chi connectivity index (χ3n) is 6.24. The number of alkyl halides is 1. The van der Waals surface area contributed by atoms with Crippen LogP contribution in [0.4, 0.5) is 21.9 Å². The Bertz CT molecular complexity index is 1030. The summed E-state index contributed by atoms with van der Waals surface area (Å²) in [5, 5.41) is 6.03. The van der Waals surface area contributed by atoms with Crippen LogP contribution >= 0.6 is 11.6 Å². The first-order chi connectivity index (χ1) is 17.9. The molecule has 0 aliphatic carbocycles. The monoisotopic (exact) mass is 543 g/mol. The molecule has 0 aromatic heterocycles. The maximum Gasteiger partial charge on any atom is 0.323 e. The van der Waals surface area contributed by atoms with E-state index in [-0.39, 0.29) is 30.3 Å². The average Bonchev–Trinajstić information content (AvgIpc) is 2.82. The summed E-state index contributed by atoms with van der Waals surface area (Å²) in [5.41, 5.74) is 3.86. The van der Waals surface area contributed by atoms with Gasteiger partial charge in [-0.2, -0.15) is 0 Å². The van der Waals surface area contributed by atoms with E-state index in [1.54, 1.807) is 0 Å². The maximum absolute atomic E-state index is 13.1. The van der Waals surface area contributed by atoms with Crippen LogP contribution in [-0.2, 0) is 9.53 Å². The highest BCUT2D eigenvalue weighted by Crippen LogP contribution is 2.34. The summed E-state index contributed by atoms with van der Waals surface area (Å²) < 4.78 is 5.42. The molecule has 38 heavy (non-hydrogen) atoms. The molecule has 7 heteroatoms. The molecule has 0 heterocycles. The molecule has 0 saturated carbocycles. The van der Waals surface area contributed by atoms with Gasteiger partial charge in [0.1, 0.15) is 0 Å². The van der Waals surface area contributed by atoms with Crippen LogP contribution in [0.25, 0.3) is 0 Å². The van der Waals surface area contributed by atoms with Gasteiger partial charge in [-0.1, -0.05) is 83.8 Å². The lowest BCUT2D eigenvalue weighted by Gasteiger charge is -2.31. The predicted molar refractivity (Wildman–Crippen MR) is 160 cm³/mol. The summed E-state index contributed by atoms with van der Waals surface area (Å²) in [7, 11) is 0. The molecule has 2 amide bonds. The Hall–Kier alpha value is -2.73. The Balaban J connectivity index is 2.38. The standard InChI is InChI=1S/C31H46ClN3O3/c1-9-24(17-29(36)38-30(32)22(6)7)25-12-15-28(35(18-20(2)3)19-21(4)5)27(16-25)34-31(37)33-26-13-10-23(8)11-14-26/h10-16,20-22,24,30H,9,17-19H2,1-8H3,(H2,33,34,37)/t24?,30-/m1/s1. The van der Waals surface area contributed by atoms with Crippen LogP contribution in [0.3, 0.4) is 0 Å². The first-order valence-electron chi connectivity index (χ1n) is 13.8. The maximum atomic E-state index is 13.1. The lowest BCUT2D eigenvalue weighted by atomic mass is 9.92. The average molecular weight is 544 g/mol. The molecule has 0 aliphatic rings. The molecular formula is C31H46ClN3O3. The van der Waals surface area contributed by atoms with E-state index < -0.39 is 5.56 Å². The number of rotatable bonds is 13. The smallest absolute Gasteiger partial charge is 0.323 e. The molecular weight excluding hydrogens is 498 g/mol. The highest BCUT2D eigenvalue weighted by atomic mass is 35.5. The molecule has 210 valence electrons. The summed E-state index contributed by atoms with van der Waals surface area (Å²) in [5.74, 6) is 0.561. The van der Waals surface area contributed by atoms with Gasteiger partial charge in [-0.05, 0) is 60.9 Å². The fourth-order valence-electron chi connectivity index (χ4n) is 4.27. The van der Waals surface area contributed by atoms with Crippen molar-refractivity contribution in [2.24, 2.45) is 17.8 Å². The zero-order valence-corrected chi connectivity index (χ0v) is 25.1. The number of amides is 2. The number of nitrogens with one attached hydrogen (secondary N) is 2. The number of aryl methyl sites for hydroxylation is 1. The molecule has 6 nitrogen and oxygen atoms in total. The molecule has 0 bridgehead atoms. The van der Waals surface area contributed by atoms with Crippen LogP contribution in [0, 0.1) is 24.7 Å². The number of hydrogen-bond donors (Lipinski definition) is 2. The zero-order valence-electron chi connectivity index (χ0n) is 24.3. The fraction of sp³-hybridized carbons (Fsp3) is 0.548. The summed E-state index contributed by atoms with van der Waals surface area (Å²) in [6, 6.07) is 13.5. The lowest BCUT2D eigenvalue weighted by Crippen LogP contribution is -2.32. The van der Waals surface area contributed by atoms with Gasteiger partial charge >= 0.3 is 12.0 Å². The number of carbonyl (C=O) groups is 2. The summed E-state index contributed by atoms with van der Waals surface area (Å²) in [6.45, 7) is 18.4. The van der Waals surface area contributed by atoms with Crippen LogP contribution in [0.1, 0.15) is 78.4 Å². The number of esters is 1. The second-order valence-electron chi connectivity index (χ2n) is 11.3. The van der Waals surface area contributed by atoms with E-state index in [1.807, 2.05) is 58.0 Å². The number of hydrogen-bond acceptors (Lipinski definition) is 4. The number of benzene rings is 2. The number of anilines is 3. The number of halogens is 1. The lowest BCUT2D eigenvalue weighted by molar-refractivity contribution is -0.147. The highest BCUT2D eigenvalue weighted by Gasteiger charge is 2.22. The van der Waals surface area contributed by atoms with Crippen LogP contribution in [-0.4, -0.2) is 30.7 Å². The zero-order chi connectivity index (χ0) is 28.4. The number of nitrogens with zero attached hydrogens (tertiary/aromatic N) is 1. The van der Waals surface area contributed by atoms with Gasteiger partial charge in [-0.25, -0.2) is 4.79 Å². The molecule has 2 atom stereocenters. The minimum Gasteiger partial charge on any atom is -0.446 e. The van der Waals surface area contributed by atoms with Gasteiger partial charge in [-0.3, -0.25) is 4.79 Å². The number of carbonyl (C=O) groups excluding carboxylic acids is 2. The summed E-state index contributed by atoms with van der Waals surface area (Å²) in [4.78, 5) is 28.0. The van der Waals surface area contributed by atoms with Gasteiger partial charge in [0.15, 0.2) is 5.56 Å². The first kappa shape index (κ1) is 31.5. The van der Waals surface area contributed by atoms with Crippen LogP contribution in [0.5, 0.6) is 0 Å². The SMILES string of the molecule is CCC(CC(=O)O[C@@H](Cl)C(C)C)c1ccc(N(CC(C)C)CC(C)C)c(NC(=O)Nc2ccc(C)cc2)c1. The van der Waals surface area contributed by atoms with Crippen molar-refractivity contribution in [3.8, 4) is 0 Å². The number of urea groups is 1. The van der Waals surface area contributed by atoms with E-state index in [9.17, 15) is 9.59 Å². The molecule has 0 aliphatic heterocycles. The van der Waals surface area contributed by atoms with E-state index in [0.29, 0.717) is 11.8 Å². The van der Waals surface area contributed by atoms with Crippen molar-refractivity contribution < 1.29 is 14.3 Å². The van der Waals surface area contributed by atoms with Crippen molar-refractivity contribution in [2.45, 2.75) is 79.7 Å². The van der Waals surface area contributed by atoms with E-state index in [0.717, 1.165) is 47.7 Å². The van der Waals surface area contributed by atoms with Crippen LogP contribution < -0.4 is 15.5 Å². The Kier molecular flexibility index (Phi) is 12.4. The second kappa shape index (κ2) is 15.0. The van der Waals surface area contributed by atoms with E-state index in [2.05, 4.69) is 55.4 Å². The molecule has 2 aromatic carbocycles. The molecule has 0 radical (unpaired) electrons. The Morgan fingerprint density at radius 3 is 2.05 bits per heavy atom. The van der Waals surface area contributed by atoms with Gasteiger partial charge < -0.3 is 20.3 Å².